The van der Waals surface area contributed by atoms with Crippen LogP contribution in [0.5, 0.6) is 0 Å². The molecule has 0 aromatic heterocycles. The van der Waals surface area contributed by atoms with Gasteiger partial charge < -0.3 is 20.7 Å². The zero-order valence-electron chi connectivity index (χ0n) is 12.0. The van der Waals surface area contributed by atoms with Crippen molar-refractivity contribution >= 4 is 17.9 Å². The molecule has 1 aromatic rings. The number of nitrogens with zero attached hydrogens (tertiary/aromatic N) is 1. The lowest BCUT2D eigenvalue weighted by atomic mass is 9.91. The van der Waals surface area contributed by atoms with E-state index in [9.17, 15) is 9.18 Å². The molecule has 0 spiro atoms. The molecule has 7 heteroatoms. The van der Waals surface area contributed by atoms with Crippen molar-refractivity contribution in [1.82, 2.24) is 15.5 Å². The van der Waals surface area contributed by atoms with E-state index >= 15 is 0 Å². The number of allylic oxidation sites excluding steroid dienone is 1. The summed E-state index contributed by atoms with van der Waals surface area (Å²) in [4.78, 5) is 13.5. The zero-order chi connectivity index (χ0) is 16.1. The first kappa shape index (κ1) is 14.3. The van der Waals surface area contributed by atoms with E-state index in [2.05, 4.69) is 10.6 Å². The third kappa shape index (κ3) is 2.06. The third-order valence-corrected chi connectivity index (χ3v) is 4.76. The largest absolute Gasteiger partial charge is 0.399 e. The van der Waals surface area contributed by atoms with Crippen LogP contribution in [0.3, 0.4) is 0 Å². The molecule has 3 heterocycles. The maximum Gasteiger partial charge on any atom is 0.139 e. The van der Waals surface area contributed by atoms with Crippen LogP contribution in [0.2, 0.25) is 5.02 Å². The second-order valence-electron chi connectivity index (χ2n) is 5.68. The maximum absolute atomic E-state index is 13.7. The fourth-order valence-electron chi connectivity index (χ4n) is 3.45. The lowest BCUT2D eigenvalue weighted by molar-refractivity contribution is -0.110. The topological polar surface area (TPSA) is 70.4 Å². The minimum atomic E-state index is -0.471. The average molecular weight is 333 g/mol. The van der Waals surface area contributed by atoms with Gasteiger partial charge in [0.15, 0.2) is 0 Å². The van der Waals surface area contributed by atoms with Crippen molar-refractivity contribution in [2.75, 3.05) is 0 Å². The summed E-state index contributed by atoms with van der Waals surface area (Å²) >= 11 is 6.24. The molecule has 3 unspecified atom stereocenters. The van der Waals surface area contributed by atoms with Crippen molar-refractivity contribution in [3.63, 3.8) is 0 Å². The van der Waals surface area contributed by atoms with E-state index in [0.29, 0.717) is 16.3 Å². The molecule has 0 radical (unpaired) electrons. The van der Waals surface area contributed by atoms with Gasteiger partial charge in [-0.05, 0) is 29.3 Å². The van der Waals surface area contributed by atoms with Gasteiger partial charge in [0.25, 0.3) is 0 Å². The van der Waals surface area contributed by atoms with E-state index in [1.165, 1.54) is 18.2 Å². The van der Waals surface area contributed by atoms with E-state index in [-0.39, 0.29) is 11.9 Å². The summed E-state index contributed by atoms with van der Waals surface area (Å²) in [6.07, 6.45) is 6.30. The van der Waals surface area contributed by atoms with Crippen LogP contribution in [0.4, 0.5) is 4.39 Å². The first-order valence-corrected chi connectivity index (χ1v) is 7.57. The number of carbonyl (C=O) groups is 1. The lowest BCUT2D eigenvalue weighted by Crippen LogP contribution is -2.44. The molecule has 0 amide bonds. The van der Waals surface area contributed by atoms with Crippen molar-refractivity contribution in [3.05, 3.63) is 70.2 Å². The highest BCUT2D eigenvalue weighted by molar-refractivity contribution is 6.31. The number of halogens is 2. The molecule has 1 saturated heterocycles. The second-order valence-corrected chi connectivity index (χ2v) is 6.09. The number of nitrogens with one attached hydrogen (secondary N) is 2. The molecule has 4 N–H and O–H groups in total. The zero-order valence-corrected chi connectivity index (χ0v) is 12.7. The van der Waals surface area contributed by atoms with E-state index < -0.39 is 12.1 Å². The number of nitrogens with two attached hydrogens (primary N) is 1. The van der Waals surface area contributed by atoms with Gasteiger partial charge in [-0.3, -0.25) is 5.32 Å². The first-order chi connectivity index (χ1) is 11.1. The van der Waals surface area contributed by atoms with Crippen molar-refractivity contribution in [3.8, 4) is 0 Å². The molecular formula is C16H14ClFN4O. The summed E-state index contributed by atoms with van der Waals surface area (Å²) in [5.74, 6) is 0.433. The Morgan fingerprint density at radius 3 is 3.00 bits per heavy atom. The van der Waals surface area contributed by atoms with Crippen LogP contribution in [0.1, 0.15) is 11.6 Å². The normalized spacial score (nSPS) is 28.3. The van der Waals surface area contributed by atoms with Crippen molar-refractivity contribution in [2.45, 2.75) is 18.1 Å². The van der Waals surface area contributed by atoms with Gasteiger partial charge in [-0.2, -0.15) is 0 Å². The number of fused-ring (bicyclic) bond motifs is 3. The Hall–Kier alpha value is -2.31. The van der Waals surface area contributed by atoms with Crippen LogP contribution in [-0.2, 0) is 4.79 Å². The standard InChI is InChI=1S/C16H14ClFN4O/c17-10-2-1-8(18)5-9(10)15-14-11(19)6-13-20-3-4-22(13)16(14)12(7-23)21-15/h1-7,12,15-16,20-21H,19H2. The Labute approximate surface area is 137 Å². The van der Waals surface area contributed by atoms with Crippen LogP contribution >= 0.6 is 11.6 Å². The Bertz CT molecular complexity index is 788. The van der Waals surface area contributed by atoms with Gasteiger partial charge in [0, 0.05) is 29.2 Å². The SMILES string of the molecule is NC1=C2C(c3cc(F)ccc3Cl)NC(C=O)C2N2C=CNC2=C1. The Morgan fingerprint density at radius 1 is 1.39 bits per heavy atom. The fourth-order valence-corrected chi connectivity index (χ4v) is 3.68. The molecule has 3 atom stereocenters. The Balaban J connectivity index is 1.86. The molecule has 118 valence electrons. The van der Waals surface area contributed by atoms with Crippen LogP contribution < -0.4 is 16.4 Å². The molecule has 0 saturated carbocycles. The van der Waals surface area contributed by atoms with E-state index in [1.807, 2.05) is 11.1 Å². The van der Waals surface area contributed by atoms with E-state index in [0.717, 1.165) is 17.7 Å². The Morgan fingerprint density at radius 2 is 2.22 bits per heavy atom. The van der Waals surface area contributed by atoms with Crippen molar-refractivity contribution in [2.24, 2.45) is 5.73 Å². The first-order valence-electron chi connectivity index (χ1n) is 7.19. The summed E-state index contributed by atoms with van der Waals surface area (Å²) < 4.78 is 13.7. The molecular weight excluding hydrogens is 319 g/mol. The summed E-state index contributed by atoms with van der Waals surface area (Å²) in [6, 6.07) is 3.05. The second kappa shape index (κ2) is 5.11. The number of carbonyl (C=O) groups excluding carboxylic acids is 1. The summed E-state index contributed by atoms with van der Waals surface area (Å²) in [5, 5.41) is 6.73. The summed E-state index contributed by atoms with van der Waals surface area (Å²) in [6.45, 7) is 0. The van der Waals surface area contributed by atoms with Gasteiger partial charge in [-0.25, -0.2) is 4.39 Å². The molecule has 3 aliphatic rings. The molecule has 0 bridgehead atoms. The third-order valence-electron chi connectivity index (χ3n) is 4.41. The number of aldehydes is 1. The monoisotopic (exact) mass is 332 g/mol. The quantitative estimate of drug-likeness (QED) is 0.716. The highest BCUT2D eigenvalue weighted by Gasteiger charge is 2.46. The number of rotatable bonds is 2. The van der Waals surface area contributed by atoms with E-state index in [1.54, 1.807) is 12.3 Å². The number of benzene rings is 1. The smallest absolute Gasteiger partial charge is 0.139 e. The minimum absolute atomic E-state index is 0.261. The molecule has 5 nitrogen and oxygen atoms in total. The van der Waals surface area contributed by atoms with Gasteiger partial charge in [0.2, 0.25) is 0 Å². The van der Waals surface area contributed by atoms with Gasteiger partial charge in [-0.1, -0.05) is 11.6 Å². The number of hydrogen-bond acceptors (Lipinski definition) is 5. The van der Waals surface area contributed by atoms with Gasteiger partial charge in [-0.15, -0.1) is 0 Å². The van der Waals surface area contributed by atoms with Crippen molar-refractivity contribution in [1.29, 1.82) is 0 Å². The minimum Gasteiger partial charge on any atom is -0.399 e. The predicted octanol–water partition coefficient (Wildman–Crippen LogP) is 1.50. The summed E-state index contributed by atoms with van der Waals surface area (Å²) in [7, 11) is 0. The Kier molecular flexibility index (Phi) is 3.18. The molecule has 0 aliphatic carbocycles. The number of hydrogen-bond donors (Lipinski definition) is 3. The van der Waals surface area contributed by atoms with Crippen molar-refractivity contribution < 1.29 is 9.18 Å². The van der Waals surface area contributed by atoms with Gasteiger partial charge in [0.05, 0.1) is 18.1 Å². The highest BCUT2D eigenvalue weighted by Crippen LogP contribution is 2.42. The van der Waals surface area contributed by atoms with Crippen LogP contribution in [0, 0.1) is 5.82 Å². The van der Waals surface area contributed by atoms with Crippen LogP contribution in [-0.4, -0.2) is 23.3 Å². The molecule has 3 aliphatic heterocycles. The van der Waals surface area contributed by atoms with Crippen LogP contribution in [0.25, 0.3) is 0 Å². The molecule has 1 aromatic carbocycles. The summed E-state index contributed by atoms with van der Waals surface area (Å²) in [5.41, 5.74) is 8.18. The average Bonchev–Trinajstić information content (AvgIpc) is 3.13. The predicted molar refractivity (Wildman–Crippen MR) is 84.3 cm³/mol. The van der Waals surface area contributed by atoms with Gasteiger partial charge >= 0.3 is 0 Å². The fraction of sp³-hybridized carbons (Fsp3) is 0.188. The lowest BCUT2D eigenvalue weighted by Gasteiger charge is -2.33. The highest BCUT2D eigenvalue weighted by atomic mass is 35.5. The van der Waals surface area contributed by atoms with Gasteiger partial charge in [0.1, 0.15) is 17.9 Å². The molecule has 4 rings (SSSR count). The molecule has 1 fully saturated rings. The van der Waals surface area contributed by atoms with Crippen LogP contribution in [0.15, 0.2) is 53.8 Å². The maximum atomic E-state index is 13.7. The van der Waals surface area contributed by atoms with E-state index in [4.69, 9.17) is 17.3 Å². The molecule has 23 heavy (non-hydrogen) atoms.